The maximum atomic E-state index is 12.5. The fraction of sp³-hybridized carbons (Fsp3) is 0.381. The van der Waals surface area contributed by atoms with Crippen LogP contribution in [-0.4, -0.2) is 36.8 Å². The molecule has 3 rings (SSSR count). The summed E-state index contributed by atoms with van der Waals surface area (Å²) in [7, 11) is 0. The van der Waals surface area contributed by atoms with Gasteiger partial charge in [-0.2, -0.15) is 0 Å². The van der Waals surface area contributed by atoms with Gasteiger partial charge in [0.2, 0.25) is 0 Å². The molecule has 1 N–H and O–H groups in total. The zero-order chi connectivity index (χ0) is 23.3. The van der Waals surface area contributed by atoms with Gasteiger partial charge in [-0.3, -0.25) is 9.59 Å². The molecule has 1 amide bonds. The number of fused-ring (bicyclic) bond motifs is 1. The Kier molecular flexibility index (Phi) is 9.13. The predicted molar refractivity (Wildman–Crippen MR) is 129 cm³/mol. The third kappa shape index (κ3) is 6.11. The van der Waals surface area contributed by atoms with Crippen LogP contribution in [0, 0.1) is 0 Å². The van der Waals surface area contributed by atoms with Crippen molar-refractivity contribution in [2.24, 2.45) is 0 Å². The highest BCUT2D eigenvalue weighted by atomic mass is 35.5. The highest BCUT2D eigenvalue weighted by Crippen LogP contribution is 2.39. The molecule has 11 heteroatoms. The molecule has 1 aromatic heterocycles. The lowest BCUT2D eigenvalue weighted by Crippen LogP contribution is -2.22. The molecule has 1 aliphatic carbocycles. The second-order valence-corrected chi connectivity index (χ2v) is 10.1. The Balaban J connectivity index is 1.57. The SMILES string of the molecule is CCOC(=O)c1c(NC(=O)COC(=O)CSc2ccc(Cl)c(Cl)c2Cl)sc2c1CCCC2. The number of nitrogens with one attached hydrogen (secondary N) is 1. The second kappa shape index (κ2) is 11.6. The summed E-state index contributed by atoms with van der Waals surface area (Å²) in [5.74, 6) is -1.63. The van der Waals surface area contributed by atoms with Crippen LogP contribution in [0.2, 0.25) is 15.1 Å². The van der Waals surface area contributed by atoms with Gasteiger partial charge >= 0.3 is 11.9 Å². The van der Waals surface area contributed by atoms with Gasteiger partial charge in [-0.15, -0.1) is 23.1 Å². The molecule has 0 radical (unpaired) electrons. The van der Waals surface area contributed by atoms with E-state index >= 15 is 0 Å². The van der Waals surface area contributed by atoms with Crippen molar-refractivity contribution < 1.29 is 23.9 Å². The van der Waals surface area contributed by atoms with Crippen molar-refractivity contribution in [2.75, 3.05) is 24.3 Å². The standard InChI is InChI=1S/C21H20Cl3NO5S2/c1-2-29-21(28)17-11-5-3-4-6-13(11)32-20(17)25-15(26)9-30-16(27)10-31-14-8-7-12(22)18(23)19(14)24/h7-8H,2-6,9-10H2,1H3,(H,25,26). The van der Waals surface area contributed by atoms with Gasteiger partial charge in [-0.05, 0) is 50.3 Å². The van der Waals surface area contributed by atoms with Crippen LogP contribution in [0.15, 0.2) is 17.0 Å². The highest BCUT2D eigenvalue weighted by Gasteiger charge is 2.27. The summed E-state index contributed by atoms with van der Waals surface area (Å²) >= 11 is 20.5. The summed E-state index contributed by atoms with van der Waals surface area (Å²) in [6, 6.07) is 3.23. The molecule has 1 heterocycles. The molecule has 0 unspecified atom stereocenters. The van der Waals surface area contributed by atoms with Crippen LogP contribution in [0.3, 0.4) is 0 Å². The zero-order valence-corrected chi connectivity index (χ0v) is 21.0. The zero-order valence-electron chi connectivity index (χ0n) is 17.1. The number of halogens is 3. The summed E-state index contributed by atoms with van der Waals surface area (Å²) in [5.41, 5.74) is 1.36. The van der Waals surface area contributed by atoms with Crippen LogP contribution in [0.25, 0.3) is 0 Å². The highest BCUT2D eigenvalue weighted by molar-refractivity contribution is 8.00. The average Bonchev–Trinajstić information content (AvgIpc) is 3.13. The molecule has 172 valence electrons. The second-order valence-electron chi connectivity index (χ2n) is 6.81. The van der Waals surface area contributed by atoms with Crippen LogP contribution in [0.1, 0.15) is 40.6 Å². The number of ether oxygens (including phenoxy) is 2. The summed E-state index contributed by atoms with van der Waals surface area (Å²) in [4.78, 5) is 38.6. The fourth-order valence-corrected chi connectivity index (χ4v) is 5.98. The summed E-state index contributed by atoms with van der Waals surface area (Å²) in [5, 5.41) is 3.92. The summed E-state index contributed by atoms with van der Waals surface area (Å²) in [6.07, 6.45) is 3.67. The van der Waals surface area contributed by atoms with Crippen molar-refractivity contribution >= 4 is 80.7 Å². The quantitative estimate of drug-likeness (QED) is 0.252. The van der Waals surface area contributed by atoms with Gasteiger partial charge in [0.15, 0.2) is 6.61 Å². The van der Waals surface area contributed by atoms with E-state index in [1.807, 2.05) is 0 Å². The van der Waals surface area contributed by atoms with E-state index in [1.54, 1.807) is 19.1 Å². The van der Waals surface area contributed by atoms with Crippen molar-refractivity contribution in [3.8, 4) is 0 Å². The smallest absolute Gasteiger partial charge is 0.341 e. The molecule has 1 aromatic carbocycles. The van der Waals surface area contributed by atoms with Crippen LogP contribution in [-0.2, 0) is 31.9 Å². The first-order valence-corrected chi connectivity index (χ1v) is 12.8. The van der Waals surface area contributed by atoms with Crippen molar-refractivity contribution in [1.29, 1.82) is 0 Å². The van der Waals surface area contributed by atoms with E-state index in [-0.39, 0.29) is 22.4 Å². The summed E-state index contributed by atoms with van der Waals surface area (Å²) in [6.45, 7) is 1.51. The molecular weight excluding hydrogens is 517 g/mol. The first-order chi connectivity index (χ1) is 15.3. The number of anilines is 1. The fourth-order valence-electron chi connectivity index (χ4n) is 3.18. The topological polar surface area (TPSA) is 81.7 Å². The van der Waals surface area contributed by atoms with E-state index in [9.17, 15) is 14.4 Å². The molecule has 1 aliphatic rings. The molecule has 2 aromatic rings. The monoisotopic (exact) mass is 535 g/mol. The Labute approximate surface area is 208 Å². The third-order valence-corrected chi connectivity index (χ3v) is 8.26. The first kappa shape index (κ1) is 25.2. The molecule has 0 saturated carbocycles. The molecule has 6 nitrogen and oxygen atoms in total. The molecular formula is C21H20Cl3NO5S2. The van der Waals surface area contributed by atoms with Gasteiger partial charge < -0.3 is 14.8 Å². The molecule has 0 bridgehead atoms. The number of hydrogen-bond acceptors (Lipinski definition) is 7. The van der Waals surface area contributed by atoms with E-state index in [4.69, 9.17) is 44.3 Å². The number of benzene rings is 1. The third-order valence-electron chi connectivity index (χ3n) is 4.61. The molecule has 0 aliphatic heterocycles. The van der Waals surface area contributed by atoms with Crippen LogP contribution >= 0.6 is 57.9 Å². The van der Waals surface area contributed by atoms with Crippen LogP contribution in [0.5, 0.6) is 0 Å². The van der Waals surface area contributed by atoms with Gasteiger partial charge in [0.1, 0.15) is 5.00 Å². The largest absolute Gasteiger partial charge is 0.462 e. The van der Waals surface area contributed by atoms with Gasteiger partial charge in [-0.25, -0.2) is 4.79 Å². The van der Waals surface area contributed by atoms with Gasteiger partial charge in [0, 0.05) is 9.77 Å². The van der Waals surface area contributed by atoms with E-state index < -0.39 is 24.5 Å². The van der Waals surface area contributed by atoms with Crippen molar-refractivity contribution in [2.45, 2.75) is 37.5 Å². The maximum absolute atomic E-state index is 12.5. The Bertz CT molecular complexity index is 1040. The Hall–Kier alpha value is -1.45. The number of esters is 2. The minimum absolute atomic E-state index is 0.0632. The number of thioether (sulfide) groups is 1. The lowest BCUT2D eigenvalue weighted by atomic mass is 9.95. The Morgan fingerprint density at radius 2 is 1.84 bits per heavy atom. The van der Waals surface area contributed by atoms with Gasteiger partial charge in [0.05, 0.1) is 33.0 Å². The van der Waals surface area contributed by atoms with Gasteiger partial charge in [-0.1, -0.05) is 34.8 Å². The molecule has 32 heavy (non-hydrogen) atoms. The number of aryl methyl sites for hydroxylation is 1. The van der Waals surface area contributed by atoms with Crippen LogP contribution < -0.4 is 5.32 Å². The van der Waals surface area contributed by atoms with E-state index in [2.05, 4.69) is 5.32 Å². The van der Waals surface area contributed by atoms with Crippen molar-refractivity contribution in [3.63, 3.8) is 0 Å². The number of thiophene rings is 1. The number of carbonyl (C=O) groups is 3. The predicted octanol–water partition coefficient (Wildman–Crippen LogP) is 6.04. The number of hydrogen-bond donors (Lipinski definition) is 1. The molecule has 0 fully saturated rings. The van der Waals surface area contributed by atoms with E-state index in [1.165, 1.54) is 11.3 Å². The van der Waals surface area contributed by atoms with Crippen molar-refractivity contribution in [3.05, 3.63) is 43.2 Å². The lowest BCUT2D eigenvalue weighted by molar-refractivity contribution is -0.144. The normalized spacial score (nSPS) is 12.8. The summed E-state index contributed by atoms with van der Waals surface area (Å²) < 4.78 is 10.2. The molecule has 0 atom stereocenters. The maximum Gasteiger partial charge on any atom is 0.341 e. The van der Waals surface area contributed by atoms with E-state index in [0.717, 1.165) is 47.9 Å². The van der Waals surface area contributed by atoms with E-state index in [0.29, 0.717) is 20.5 Å². The number of carbonyl (C=O) groups excluding carboxylic acids is 3. The molecule has 0 spiro atoms. The first-order valence-electron chi connectivity index (χ1n) is 9.85. The minimum Gasteiger partial charge on any atom is -0.462 e. The Morgan fingerprint density at radius 1 is 1.09 bits per heavy atom. The average molecular weight is 537 g/mol. The Morgan fingerprint density at radius 3 is 2.59 bits per heavy atom. The molecule has 0 saturated heterocycles. The van der Waals surface area contributed by atoms with Gasteiger partial charge in [0.25, 0.3) is 5.91 Å². The lowest BCUT2D eigenvalue weighted by Gasteiger charge is -2.12. The number of amides is 1. The number of rotatable bonds is 8. The van der Waals surface area contributed by atoms with Crippen molar-refractivity contribution in [1.82, 2.24) is 0 Å². The van der Waals surface area contributed by atoms with Crippen LogP contribution in [0.4, 0.5) is 5.00 Å². The minimum atomic E-state index is -0.594.